The molecule has 0 fully saturated rings. The molecule has 4 heteroatoms. The van der Waals surface area contributed by atoms with Gasteiger partial charge in [0, 0.05) is 22.0 Å². The van der Waals surface area contributed by atoms with Crippen LogP contribution in [0.25, 0.3) is 77.0 Å². The van der Waals surface area contributed by atoms with Crippen molar-refractivity contribution >= 4 is 60.4 Å². The van der Waals surface area contributed by atoms with Gasteiger partial charge in [0.25, 0.3) is 0 Å². The molecule has 12 rings (SSSR count). The SMILES string of the molecule is CC1(C)c2cc3c(cc2-c2cc4c5ccccc5c5ccccc5c4cc21)C(C)(C)c1cc2ccccc2cc1N3c1nc(-c2ccccc2)nc(-c2ccccc2)n1. The Bertz CT molecular complexity index is 3330. The largest absolute Gasteiger partial charge is 0.278 e. The number of rotatable bonds is 3. The molecule has 0 N–H and O–H groups in total. The van der Waals surface area contributed by atoms with E-state index < -0.39 is 0 Å². The second-order valence-corrected chi connectivity index (χ2v) is 17.3. The third-order valence-electron chi connectivity index (χ3n) is 13.2. The Labute approximate surface area is 343 Å². The lowest BCUT2D eigenvalue weighted by Gasteiger charge is -2.42. The zero-order valence-corrected chi connectivity index (χ0v) is 33.5. The molecule has 1 aromatic heterocycles. The normalized spacial score (nSPS) is 14.7. The zero-order valence-electron chi connectivity index (χ0n) is 33.5. The average molecular weight is 757 g/mol. The summed E-state index contributed by atoms with van der Waals surface area (Å²) in [7, 11) is 0. The molecule has 59 heavy (non-hydrogen) atoms. The Hall–Kier alpha value is -7.17. The summed E-state index contributed by atoms with van der Waals surface area (Å²) in [5.74, 6) is 1.88. The summed E-state index contributed by atoms with van der Waals surface area (Å²) in [5, 5.41) is 10.2. The Morgan fingerprint density at radius 3 is 1.37 bits per heavy atom. The standard InChI is InChI=1S/C55H40N4/c1-54(2)45-30-42-40-26-16-14-24-38(40)37-23-13-15-25-39(37)41(42)29-43(45)44-31-48-50(32-46(44)54)59(49-28-36-22-12-11-21-35(36)27-47(49)55(48,3)4)53-57-51(33-17-7-5-8-18-33)56-52(58-53)34-19-9-6-10-20-34/h5-32H,1-4H3. The summed E-state index contributed by atoms with van der Waals surface area (Å²) in [6.07, 6.45) is 0. The third kappa shape index (κ3) is 4.87. The molecule has 0 bridgehead atoms. The highest BCUT2D eigenvalue weighted by atomic mass is 15.3. The molecular formula is C55H40N4. The van der Waals surface area contributed by atoms with Crippen LogP contribution in [-0.4, -0.2) is 15.0 Å². The minimum absolute atomic E-state index is 0.274. The first kappa shape index (κ1) is 33.9. The molecular weight excluding hydrogens is 717 g/mol. The molecule has 0 radical (unpaired) electrons. The molecule has 9 aromatic carbocycles. The topological polar surface area (TPSA) is 41.9 Å². The van der Waals surface area contributed by atoms with Crippen LogP contribution in [0.2, 0.25) is 0 Å². The van der Waals surface area contributed by atoms with Gasteiger partial charge in [-0.05, 0) is 113 Å². The van der Waals surface area contributed by atoms with Crippen LogP contribution in [0, 0.1) is 0 Å². The monoisotopic (exact) mass is 756 g/mol. The Balaban J connectivity index is 1.16. The summed E-state index contributed by atoms with van der Waals surface area (Å²) in [4.78, 5) is 18.1. The van der Waals surface area contributed by atoms with Gasteiger partial charge < -0.3 is 0 Å². The zero-order chi connectivity index (χ0) is 39.6. The van der Waals surface area contributed by atoms with Gasteiger partial charge >= 0.3 is 0 Å². The van der Waals surface area contributed by atoms with Crippen molar-refractivity contribution in [2.45, 2.75) is 38.5 Å². The van der Waals surface area contributed by atoms with Crippen molar-refractivity contribution in [1.29, 1.82) is 0 Å². The highest BCUT2D eigenvalue weighted by Gasteiger charge is 2.43. The van der Waals surface area contributed by atoms with Crippen LogP contribution in [0.15, 0.2) is 170 Å². The van der Waals surface area contributed by atoms with Crippen LogP contribution in [0.1, 0.15) is 49.9 Å². The minimum Gasteiger partial charge on any atom is -0.278 e. The predicted molar refractivity (Wildman–Crippen MR) is 245 cm³/mol. The number of fused-ring (bicyclic) bond motifs is 12. The Morgan fingerprint density at radius 2 is 0.780 bits per heavy atom. The van der Waals surface area contributed by atoms with Crippen LogP contribution >= 0.6 is 0 Å². The molecule has 2 heterocycles. The van der Waals surface area contributed by atoms with E-state index in [1.807, 2.05) is 36.4 Å². The van der Waals surface area contributed by atoms with E-state index in [9.17, 15) is 0 Å². The van der Waals surface area contributed by atoms with Crippen LogP contribution in [0.3, 0.4) is 0 Å². The fraction of sp³-hybridized carbons (Fsp3) is 0.109. The van der Waals surface area contributed by atoms with E-state index in [1.165, 1.54) is 76.5 Å². The number of anilines is 3. The number of hydrogen-bond acceptors (Lipinski definition) is 4. The van der Waals surface area contributed by atoms with Crippen molar-refractivity contribution in [3.63, 3.8) is 0 Å². The lowest BCUT2D eigenvalue weighted by atomic mass is 9.71. The van der Waals surface area contributed by atoms with Gasteiger partial charge in [-0.25, -0.2) is 4.98 Å². The molecule has 0 saturated carbocycles. The van der Waals surface area contributed by atoms with Crippen molar-refractivity contribution in [3.8, 4) is 33.9 Å². The maximum absolute atomic E-state index is 5.35. The maximum atomic E-state index is 5.35. The van der Waals surface area contributed by atoms with Crippen LogP contribution in [0.4, 0.5) is 17.3 Å². The van der Waals surface area contributed by atoms with Gasteiger partial charge in [0.2, 0.25) is 5.95 Å². The van der Waals surface area contributed by atoms with E-state index in [2.05, 4.69) is 166 Å². The smallest absolute Gasteiger partial charge is 0.238 e. The summed E-state index contributed by atoms with van der Waals surface area (Å²) in [6.45, 7) is 9.54. The Morgan fingerprint density at radius 1 is 0.356 bits per heavy atom. The predicted octanol–water partition coefficient (Wildman–Crippen LogP) is 14.2. The van der Waals surface area contributed by atoms with Gasteiger partial charge in [-0.15, -0.1) is 0 Å². The van der Waals surface area contributed by atoms with E-state index in [0.29, 0.717) is 17.6 Å². The van der Waals surface area contributed by atoms with E-state index in [0.717, 1.165) is 22.5 Å². The molecule has 0 spiro atoms. The molecule has 0 atom stereocenters. The molecule has 2 aliphatic rings. The molecule has 0 saturated heterocycles. The van der Waals surface area contributed by atoms with Gasteiger partial charge in [-0.2, -0.15) is 9.97 Å². The Kier molecular flexibility index (Phi) is 7.00. The quantitative estimate of drug-likeness (QED) is 0.168. The number of benzene rings is 9. The van der Waals surface area contributed by atoms with E-state index in [1.54, 1.807) is 0 Å². The lowest BCUT2D eigenvalue weighted by Crippen LogP contribution is -2.32. The first-order valence-corrected chi connectivity index (χ1v) is 20.5. The number of aromatic nitrogens is 3. The van der Waals surface area contributed by atoms with Gasteiger partial charge in [-0.1, -0.05) is 161 Å². The average Bonchev–Trinajstić information content (AvgIpc) is 3.49. The first-order valence-electron chi connectivity index (χ1n) is 20.5. The van der Waals surface area contributed by atoms with E-state index in [4.69, 9.17) is 15.0 Å². The molecule has 280 valence electrons. The second-order valence-electron chi connectivity index (χ2n) is 17.3. The van der Waals surface area contributed by atoms with Gasteiger partial charge in [0.15, 0.2) is 11.6 Å². The minimum atomic E-state index is -0.343. The second kappa shape index (κ2) is 12.2. The van der Waals surface area contributed by atoms with Crippen molar-refractivity contribution in [2.75, 3.05) is 4.90 Å². The first-order chi connectivity index (χ1) is 28.8. The van der Waals surface area contributed by atoms with Crippen molar-refractivity contribution in [2.24, 2.45) is 0 Å². The van der Waals surface area contributed by atoms with Gasteiger partial charge in [0.05, 0.1) is 11.4 Å². The van der Waals surface area contributed by atoms with Crippen molar-refractivity contribution < 1.29 is 0 Å². The van der Waals surface area contributed by atoms with E-state index >= 15 is 0 Å². The van der Waals surface area contributed by atoms with Crippen LogP contribution in [-0.2, 0) is 10.8 Å². The molecule has 4 nitrogen and oxygen atoms in total. The molecule has 10 aromatic rings. The molecule has 0 unspecified atom stereocenters. The third-order valence-corrected chi connectivity index (χ3v) is 13.2. The lowest BCUT2D eigenvalue weighted by molar-refractivity contribution is 0.627. The highest BCUT2D eigenvalue weighted by Crippen LogP contribution is 2.58. The van der Waals surface area contributed by atoms with Crippen molar-refractivity contribution in [1.82, 2.24) is 15.0 Å². The number of nitrogens with zero attached hydrogens (tertiary/aromatic N) is 4. The van der Waals surface area contributed by atoms with E-state index in [-0.39, 0.29) is 10.8 Å². The fourth-order valence-corrected chi connectivity index (χ4v) is 10.2. The van der Waals surface area contributed by atoms with Crippen molar-refractivity contribution in [3.05, 3.63) is 192 Å². The number of hydrogen-bond donors (Lipinski definition) is 0. The fourth-order valence-electron chi connectivity index (χ4n) is 10.2. The molecule has 0 amide bonds. The summed E-state index contributed by atoms with van der Waals surface area (Å²) >= 11 is 0. The molecule has 1 aliphatic heterocycles. The van der Waals surface area contributed by atoms with Crippen LogP contribution < -0.4 is 4.90 Å². The summed E-state index contributed by atoms with van der Waals surface area (Å²) < 4.78 is 0. The van der Waals surface area contributed by atoms with Gasteiger partial charge in [0.1, 0.15) is 0 Å². The summed E-state index contributed by atoms with van der Waals surface area (Å²) in [6, 6.07) is 61.6. The van der Waals surface area contributed by atoms with Gasteiger partial charge in [-0.3, -0.25) is 4.90 Å². The summed E-state index contributed by atoms with van der Waals surface area (Å²) in [5.41, 5.74) is 11.2. The molecule has 1 aliphatic carbocycles. The maximum Gasteiger partial charge on any atom is 0.238 e. The van der Waals surface area contributed by atoms with Crippen LogP contribution in [0.5, 0.6) is 0 Å². The highest BCUT2D eigenvalue weighted by molar-refractivity contribution is 6.26.